The van der Waals surface area contributed by atoms with Crippen LogP contribution in [0.1, 0.15) is 65.2 Å². The van der Waals surface area contributed by atoms with E-state index in [1.165, 1.54) is 0 Å². The molecule has 2 saturated carbocycles. The van der Waals surface area contributed by atoms with Crippen molar-refractivity contribution >= 4 is 11.8 Å². The Hall–Kier alpha value is -1.10. The molecule has 2 rings (SSSR count). The lowest BCUT2D eigenvalue weighted by Gasteiger charge is -2.34. The minimum absolute atomic E-state index is 0.0120. The Labute approximate surface area is 127 Å². The van der Waals surface area contributed by atoms with Gasteiger partial charge >= 0.3 is 0 Å². The van der Waals surface area contributed by atoms with Crippen LogP contribution in [0.15, 0.2) is 0 Å². The Balaban J connectivity index is 1.88. The fourth-order valence-corrected chi connectivity index (χ4v) is 3.90. The van der Waals surface area contributed by atoms with Crippen LogP contribution in [0.25, 0.3) is 0 Å². The van der Waals surface area contributed by atoms with Crippen LogP contribution in [0.5, 0.6) is 0 Å². The van der Waals surface area contributed by atoms with Gasteiger partial charge in [-0.2, -0.15) is 0 Å². The summed E-state index contributed by atoms with van der Waals surface area (Å²) in [7, 11) is 0. The monoisotopic (exact) mass is 296 g/mol. The number of nitrogens with one attached hydrogen (secondary N) is 2. The van der Waals surface area contributed by atoms with Crippen molar-refractivity contribution in [3.63, 3.8) is 0 Å². The van der Waals surface area contributed by atoms with E-state index in [2.05, 4.69) is 10.6 Å². The van der Waals surface area contributed by atoms with Gasteiger partial charge in [-0.3, -0.25) is 9.59 Å². The van der Waals surface area contributed by atoms with Crippen LogP contribution in [-0.2, 0) is 14.3 Å². The third kappa shape index (κ3) is 4.43. The zero-order chi connectivity index (χ0) is 15.3. The predicted molar refractivity (Wildman–Crippen MR) is 80.9 cm³/mol. The Kier molecular flexibility index (Phi) is 5.25. The van der Waals surface area contributed by atoms with Crippen LogP contribution >= 0.6 is 0 Å². The Morgan fingerprint density at radius 1 is 0.810 bits per heavy atom. The van der Waals surface area contributed by atoms with E-state index in [1.807, 2.05) is 0 Å². The molecule has 5 nitrogen and oxygen atoms in total. The molecule has 120 valence electrons. The number of carbonyl (C=O) groups excluding carboxylic acids is 2. The van der Waals surface area contributed by atoms with Crippen LogP contribution < -0.4 is 10.6 Å². The molecular weight excluding hydrogens is 268 g/mol. The van der Waals surface area contributed by atoms with E-state index in [0.29, 0.717) is 13.2 Å². The third-order valence-corrected chi connectivity index (χ3v) is 4.76. The van der Waals surface area contributed by atoms with Gasteiger partial charge in [0.05, 0.1) is 24.3 Å². The van der Waals surface area contributed by atoms with Crippen molar-refractivity contribution in [1.29, 1.82) is 0 Å². The lowest BCUT2D eigenvalue weighted by molar-refractivity contribution is -0.122. The van der Waals surface area contributed by atoms with Gasteiger partial charge in [0.15, 0.2) is 0 Å². The van der Waals surface area contributed by atoms with E-state index in [9.17, 15) is 9.59 Å². The molecule has 0 aromatic heterocycles. The Bertz CT molecular complexity index is 347. The van der Waals surface area contributed by atoms with E-state index in [-0.39, 0.29) is 22.9 Å². The molecule has 0 bridgehead atoms. The fraction of sp³-hybridized carbons (Fsp3) is 0.875. The highest BCUT2D eigenvalue weighted by molar-refractivity contribution is 5.74. The fourth-order valence-electron chi connectivity index (χ4n) is 3.90. The Morgan fingerprint density at radius 3 is 1.43 bits per heavy atom. The standard InChI is InChI=1S/C16H28N2O3/c1-13(19)17-15(7-3-4-8-15)11-21-12-16(18-14(2)20)9-5-6-10-16/h3-12H2,1-2H3,(H,17,19)(H,18,20). The van der Waals surface area contributed by atoms with E-state index < -0.39 is 0 Å². The predicted octanol–water partition coefficient (Wildman–Crippen LogP) is 1.90. The summed E-state index contributed by atoms with van der Waals surface area (Å²) in [6.45, 7) is 4.23. The summed E-state index contributed by atoms with van der Waals surface area (Å²) in [6.07, 6.45) is 8.50. The molecule has 2 amide bonds. The second-order valence-corrected chi connectivity index (χ2v) is 6.83. The maximum Gasteiger partial charge on any atom is 0.217 e. The van der Waals surface area contributed by atoms with Crippen molar-refractivity contribution in [3.8, 4) is 0 Å². The molecule has 0 saturated heterocycles. The van der Waals surface area contributed by atoms with Crippen LogP contribution in [0.2, 0.25) is 0 Å². The Morgan fingerprint density at radius 2 is 1.14 bits per heavy atom. The quantitative estimate of drug-likeness (QED) is 0.786. The molecule has 0 aromatic carbocycles. The molecule has 0 heterocycles. The second-order valence-electron chi connectivity index (χ2n) is 6.83. The molecule has 0 unspecified atom stereocenters. The van der Waals surface area contributed by atoms with E-state index in [0.717, 1.165) is 51.4 Å². The largest absolute Gasteiger partial charge is 0.377 e. The zero-order valence-electron chi connectivity index (χ0n) is 13.3. The van der Waals surface area contributed by atoms with E-state index >= 15 is 0 Å². The summed E-state index contributed by atoms with van der Waals surface area (Å²) in [5, 5.41) is 6.17. The lowest BCUT2D eigenvalue weighted by Crippen LogP contribution is -2.52. The molecule has 0 aromatic rings. The molecule has 2 N–H and O–H groups in total. The number of amides is 2. The summed E-state index contributed by atoms with van der Waals surface area (Å²) < 4.78 is 5.98. The third-order valence-electron chi connectivity index (χ3n) is 4.76. The number of rotatable bonds is 6. The van der Waals surface area contributed by atoms with Crippen molar-refractivity contribution in [2.24, 2.45) is 0 Å². The van der Waals surface area contributed by atoms with Gasteiger partial charge in [0.2, 0.25) is 11.8 Å². The molecule has 2 aliphatic carbocycles. The van der Waals surface area contributed by atoms with Gasteiger partial charge in [-0.05, 0) is 25.7 Å². The van der Waals surface area contributed by atoms with Crippen molar-refractivity contribution in [1.82, 2.24) is 10.6 Å². The highest BCUT2D eigenvalue weighted by Crippen LogP contribution is 2.33. The van der Waals surface area contributed by atoms with Crippen molar-refractivity contribution in [3.05, 3.63) is 0 Å². The molecule has 0 atom stereocenters. The molecule has 2 fully saturated rings. The van der Waals surface area contributed by atoms with Gasteiger partial charge in [0.1, 0.15) is 0 Å². The first-order chi connectivity index (χ1) is 9.95. The zero-order valence-corrected chi connectivity index (χ0v) is 13.3. The molecular formula is C16H28N2O3. The van der Waals surface area contributed by atoms with Crippen molar-refractivity contribution < 1.29 is 14.3 Å². The molecule has 0 aliphatic heterocycles. The van der Waals surface area contributed by atoms with Crippen LogP contribution in [-0.4, -0.2) is 36.1 Å². The first-order valence-corrected chi connectivity index (χ1v) is 8.11. The number of carbonyl (C=O) groups is 2. The minimum Gasteiger partial charge on any atom is -0.377 e. The number of ether oxygens (including phenoxy) is 1. The van der Waals surface area contributed by atoms with E-state index in [4.69, 9.17) is 4.74 Å². The topological polar surface area (TPSA) is 67.4 Å². The van der Waals surface area contributed by atoms with Gasteiger partial charge in [0.25, 0.3) is 0 Å². The van der Waals surface area contributed by atoms with Gasteiger partial charge in [-0.25, -0.2) is 0 Å². The average Bonchev–Trinajstić information content (AvgIpc) is 2.98. The summed E-state index contributed by atoms with van der Waals surface area (Å²) in [5.74, 6) is 0.0240. The minimum atomic E-state index is -0.193. The number of hydrogen-bond acceptors (Lipinski definition) is 3. The first-order valence-electron chi connectivity index (χ1n) is 8.11. The molecule has 0 spiro atoms. The average molecular weight is 296 g/mol. The van der Waals surface area contributed by atoms with Gasteiger partial charge < -0.3 is 15.4 Å². The maximum atomic E-state index is 11.4. The van der Waals surface area contributed by atoms with Crippen molar-refractivity contribution in [2.45, 2.75) is 76.3 Å². The van der Waals surface area contributed by atoms with Crippen LogP contribution in [0.3, 0.4) is 0 Å². The summed E-state index contributed by atoms with van der Waals surface area (Å²) in [6, 6.07) is 0. The lowest BCUT2D eigenvalue weighted by atomic mass is 9.97. The highest BCUT2D eigenvalue weighted by Gasteiger charge is 2.38. The molecule has 2 aliphatic rings. The van der Waals surface area contributed by atoms with Crippen LogP contribution in [0, 0.1) is 0 Å². The molecule has 0 radical (unpaired) electrons. The first kappa shape index (κ1) is 16.3. The maximum absolute atomic E-state index is 11.4. The summed E-state index contributed by atoms with van der Waals surface area (Å²) >= 11 is 0. The number of hydrogen-bond donors (Lipinski definition) is 2. The SMILES string of the molecule is CC(=O)NC1(COCC2(NC(C)=O)CCCC2)CCCC1. The molecule has 5 heteroatoms. The van der Waals surface area contributed by atoms with E-state index in [1.54, 1.807) is 13.8 Å². The van der Waals surface area contributed by atoms with Gasteiger partial charge in [-0.1, -0.05) is 25.7 Å². The smallest absolute Gasteiger partial charge is 0.217 e. The highest BCUT2D eigenvalue weighted by atomic mass is 16.5. The van der Waals surface area contributed by atoms with Crippen molar-refractivity contribution in [2.75, 3.05) is 13.2 Å². The second kappa shape index (κ2) is 6.77. The summed E-state index contributed by atoms with van der Waals surface area (Å²) in [5.41, 5.74) is -0.385. The van der Waals surface area contributed by atoms with Crippen LogP contribution in [0.4, 0.5) is 0 Å². The van der Waals surface area contributed by atoms with Gasteiger partial charge in [-0.15, -0.1) is 0 Å². The summed E-state index contributed by atoms with van der Waals surface area (Å²) in [4.78, 5) is 22.8. The van der Waals surface area contributed by atoms with Gasteiger partial charge in [0, 0.05) is 13.8 Å². The molecule has 21 heavy (non-hydrogen) atoms. The normalized spacial score (nSPS) is 23.0.